The number of aryl methyl sites for hydroxylation is 2. The van der Waals surface area contributed by atoms with Gasteiger partial charge >= 0.3 is 0 Å². The van der Waals surface area contributed by atoms with E-state index < -0.39 is 0 Å². The lowest BCUT2D eigenvalue weighted by Gasteiger charge is -2.20. The Morgan fingerprint density at radius 2 is 2.05 bits per heavy atom. The summed E-state index contributed by atoms with van der Waals surface area (Å²) >= 11 is 0. The Morgan fingerprint density at radius 3 is 2.70 bits per heavy atom. The van der Waals surface area contributed by atoms with Gasteiger partial charge in [-0.2, -0.15) is 0 Å². The highest BCUT2D eigenvalue weighted by atomic mass is 16.2. The average Bonchev–Trinajstić information content (AvgIpc) is 2.74. The van der Waals surface area contributed by atoms with Crippen LogP contribution in [0.1, 0.15) is 48.4 Å². The fourth-order valence-electron chi connectivity index (χ4n) is 2.43. The van der Waals surface area contributed by atoms with Crippen molar-refractivity contribution in [2.45, 2.75) is 40.5 Å². The van der Waals surface area contributed by atoms with Gasteiger partial charge in [0.15, 0.2) is 0 Å². The summed E-state index contributed by atoms with van der Waals surface area (Å²) in [4.78, 5) is 19.1. The first-order valence-corrected chi connectivity index (χ1v) is 7.33. The van der Waals surface area contributed by atoms with E-state index in [1.165, 1.54) is 0 Å². The number of hydrogen-bond donors (Lipinski definition) is 0. The molecule has 0 unspecified atom stereocenters. The summed E-state index contributed by atoms with van der Waals surface area (Å²) in [6, 6.07) is 3.98. The highest BCUT2D eigenvalue weighted by Gasteiger charge is 2.21. The van der Waals surface area contributed by atoms with Gasteiger partial charge in [0.25, 0.3) is 5.91 Å². The molecule has 0 atom stereocenters. The Morgan fingerprint density at radius 1 is 1.30 bits per heavy atom. The first-order valence-electron chi connectivity index (χ1n) is 7.33. The van der Waals surface area contributed by atoms with Gasteiger partial charge < -0.3 is 4.90 Å². The molecular weight excluding hydrogens is 250 g/mol. The molecule has 0 aromatic carbocycles. The minimum absolute atomic E-state index is 0.0801. The first-order chi connectivity index (χ1) is 9.58. The Labute approximate surface area is 120 Å². The number of imidazole rings is 1. The van der Waals surface area contributed by atoms with Crippen molar-refractivity contribution in [3.8, 4) is 0 Å². The summed E-state index contributed by atoms with van der Waals surface area (Å²) < 4.78 is 1.92. The van der Waals surface area contributed by atoms with Crippen LogP contribution in [-0.4, -0.2) is 33.3 Å². The minimum Gasteiger partial charge on any atom is -0.338 e. The van der Waals surface area contributed by atoms with Crippen LogP contribution in [0.15, 0.2) is 18.3 Å². The molecule has 2 aromatic heterocycles. The number of hydrogen-bond acceptors (Lipinski definition) is 2. The van der Waals surface area contributed by atoms with E-state index in [2.05, 4.69) is 11.9 Å². The van der Waals surface area contributed by atoms with E-state index in [0.717, 1.165) is 42.8 Å². The number of aromatic nitrogens is 2. The zero-order valence-corrected chi connectivity index (χ0v) is 12.8. The van der Waals surface area contributed by atoms with Crippen LogP contribution in [-0.2, 0) is 0 Å². The molecule has 2 heterocycles. The highest BCUT2D eigenvalue weighted by Crippen LogP contribution is 2.16. The molecule has 0 bridgehead atoms. The molecule has 4 nitrogen and oxygen atoms in total. The lowest BCUT2D eigenvalue weighted by atomic mass is 10.2. The van der Waals surface area contributed by atoms with E-state index in [0.29, 0.717) is 5.69 Å². The first kappa shape index (κ1) is 14.6. The molecule has 0 saturated heterocycles. The Bertz CT molecular complexity index is 615. The smallest absolute Gasteiger partial charge is 0.272 e. The van der Waals surface area contributed by atoms with Crippen LogP contribution in [0.25, 0.3) is 5.65 Å². The van der Waals surface area contributed by atoms with Gasteiger partial charge in [-0.05, 0) is 38.8 Å². The van der Waals surface area contributed by atoms with Crippen molar-refractivity contribution >= 4 is 11.6 Å². The number of pyridine rings is 1. The molecule has 108 valence electrons. The third-order valence-electron chi connectivity index (χ3n) is 3.59. The number of amides is 1. The second-order valence-corrected chi connectivity index (χ2v) is 5.22. The van der Waals surface area contributed by atoms with Gasteiger partial charge in [0.1, 0.15) is 11.3 Å². The van der Waals surface area contributed by atoms with Crippen LogP contribution >= 0.6 is 0 Å². The Hall–Kier alpha value is -1.84. The third kappa shape index (κ3) is 2.69. The van der Waals surface area contributed by atoms with Crippen LogP contribution < -0.4 is 0 Å². The van der Waals surface area contributed by atoms with Crippen molar-refractivity contribution in [3.63, 3.8) is 0 Å². The van der Waals surface area contributed by atoms with Crippen molar-refractivity contribution in [1.29, 1.82) is 0 Å². The van der Waals surface area contributed by atoms with Gasteiger partial charge in [-0.3, -0.25) is 9.20 Å². The normalized spacial score (nSPS) is 11.0. The van der Waals surface area contributed by atoms with Crippen LogP contribution in [0.5, 0.6) is 0 Å². The summed E-state index contributed by atoms with van der Waals surface area (Å²) in [6.45, 7) is 9.64. The van der Waals surface area contributed by atoms with E-state index in [9.17, 15) is 4.79 Å². The van der Waals surface area contributed by atoms with Crippen LogP contribution in [0.2, 0.25) is 0 Å². The van der Waals surface area contributed by atoms with Gasteiger partial charge in [0, 0.05) is 19.3 Å². The predicted octanol–water partition coefficient (Wildman–Crippen LogP) is 3.21. The Kier molecular flexibility index (Phi) is 4.42. The van der Waals surface area contributed by atoms with Gasteiger partial charge in [-0.15, -0.1) is 0 Å². The summed E-state index contributed by atoms with van der Waals surface area (Å²) in [5.74, 6) is 0.0801. The van der Waals surface area contributed by atoms with Gasteiger partial charge in [0.2, 0.25) is 0 Å². The fourth-order valence-corrected chi connectivity index (χ4v) is 2.43. The predicted molar refractivity (Wildman–Crippen MR) is 81.2 cm³/mol. The van der Waals surface area contributed by atoms with Crippen molar-refractivity contribution in [2.75, 3.05) is 13.1 Å². The van der Waals surface area contributed by atoms with Gasteiger partial charge in [-0.25, -0.2) is 4.98 Å². The van der Waals surface area contributed by atoms with Crippen LogP contribution in [0.4, 0.5) is 0 Å². The van der Waals surface area contributed by atoms with Crippen molar-refractivity contribution < 1.29 is 4.79 Å². The van der Waals surface area contributed by atoms with Crippen LogP contribution in [0, 0.1) is 13.8 Å². The highest BCUT2D eigenvalue weighted by molar-refractivity contribution is 5.94. The molecule has 0 saturated carbocycles. The number of rotatable bonds is 5. The summed E-state index contributed by atoms with van der Waals surface area (Å²) in [5.41, 5.74) is 3.46. The molecule has 0 spiro atoms. The maximum absolute atomic E-state index is 12.8. The van der Waals surface area contributed by atoms with Crippen LogP contribution in [0.3, 0.4) is 0 Å². The summed E-state index contributed by atoms with van der Waals surface area (Å²) in [7, 11) is 0. The van der Waals surface area contributed by atoms with Crippen molar-refractivity contribution in [1.82, 2.24) is 14.3 Å². The molecule has 0 radical (unpaired) electrons. The molecule has 4 heteroatoms. The largest absolute Gasteiger partial charge is 0.338 e. The second kappa shape index (κ2) is 6.07. The molecule has 0 aliphatic heterocycles. The number of carbonyl (C=O) groups excluding carboxylic acids is 1. The van der Waals surface area contributed by atoms with Crippen molar-refractivity contribution in [3.05, 3.63) is 35.3 Å². The topological polar surface area (TPSA) is 37.6 Å². The van der Waals surface area contributed by atoms with Gasteiger partial charge in [0.05, 0.1) is 5.69 Å². The van der Waals surface area contributed by atoms with E-state index in [4.69, 9.17) is 0 Å². The fraction of sp³-hybridized carbons (Fsp3) is 0.500. The molecule has 2 aromatic rings. The maximum atomic E-state index is 12.8. The number of fused-ring (bicyclic) bond motifs is 1. The lowest BCUT2D eigenvalue weighted by Crippen LogP contribution is -2.33. The zero-order valence-electron chi connectivity index (χ0n) is 12.8. The Balaban J connectivity index is 2.42. The van der Waals surface area contributed by atoms with Gasteiger partial charge in [-0.1, -0.05) is 19.4 Å². The molecule has 2 rings (SSSR count). The summed E-state index contributed by atoms with van der Waals surface area (Å²) in [6.07, 6.45) is 4.11. The molecule has 1 amide bonds. The molecule has 20 heavy (non-hydrogen) atoms. The van der Waals surface area contributed by atoms with E-state index in [1.807, 2.05) is 48.4 Å². The molecular formula is C16H23N3O. The van der Waals surface area contributed by atoms with Crippen molar-refractivity contribution in [2.24, 2.45) is 0 Å². The van der Waals surface area contributed by atoms with E-state index in [-0.39, 0.29) is 5.91 Å². The summed E-state index contributed by atoms with van der Waals surface area (Å²) in [5, 5.41) is 0. The minimum atomic E-state index is 0.0801. The lowest BCUT2D eigenvalue weighted by molar-refractivity contribution is 0.0754. The molecule has 0 aliphatic carbocycles. The monoisotopic (exact) mass is 273 g/mol. The van der Waals surface area contributed by atoms with E-state index >= 15 is 0 Å². The average molecular weight is 273 g/mol. The molecule has 0 N–H and O–H groups in total. The van der Waals surface area contributed by atoms with E-state index in [1.54, 1.807) is 0 Å². The number of unbranched alkanes of at least 4 members (excludes halogenated alkanes) is 1. The SMILES string of the molecule is CCCCN(CC)C(=O)c1c(C)nc2ccc(C)cn12. The standard InChI is InChI=1S/C16H23N3O/c1-5-7-10-18(6-2)16(20)15-13(4)17-14-9-8-12(3)11-19(14)15/h8-9,11H,5-7,10H2,1-4H3. The molecule has 0 fully saturated rings. The molecule has 0 aliphatic rings. The maximum Gasteiger partial charge on any atom is 0.272 e. The quantitative estimate of drug-likeness (QED) is 0.839. The number of nitrogens with zero attached hydrogens (tertiary/aromatic N) is 3. The number of carbonyl (C=O) groups is 1. The zero-order chi connectivity index (χ0) is 14.7. The second-order valence-electron chi connectivity index (χ2n) is 5.22. The third-order valence-corrected chi connectivity index (χ3v) is 3.59.